The van der Waals surface area contributed by atoms with Crippen LogP contribution in [-0.4, -0.2) is 35.8 Å². The van der Waals surface area contributed by atoms with Gasteiger partial charge in [-0.2, -0.15) is 0 Å². The van der Waals surface area contributed by atoms with Crippen molar-refractivity contribution < 1.29 is 14.0 Å². The van der Waals surface area contributed by atoms with Crippen LogP contribution in [0.1, 0.15) is 19.3 Å². The van der Waals surface area contributed by atoms with Crippen LogP contribution in [0.25, 0.3) is 0 Å². The van der Waals surface area contributed by atoms with E-state index < -0.39 is 0 Å². The molecule has 2 fully saturated rings. The molecule has 0 saturated carbocycles. The van der Waals surface area contributed by atoms with Gasteiger partial charge in [0.15, 0.2) is 0 Å². The molecule has 1 aliphatic carbocycles. The number of anilines is 1. The number of allylic oxidation sites excluding steroid dienone is 2. The van der Waals surface area contributed by atoms with Crippen LogP contribution < -0.4 is 4.90 Å². The molecular weight excluding hydrogens is 295 g/mol. The predicted molar refractivity (Wildman–Crippen MR) is 84.2 cm³/mol. The molecule has 2 heterocycles. The SMILES string of the molecule is O=C1CC(N2C[C@H]3CC=CC[C@H]3C2)C(=O)N1c1ccc(F)cc1. The minimum atomic E-state index is -0.375. The van der Waals surface area contributed by atoms with Crippen molar-refractivity contribution in [2.24, 2.45) is 11.8 Å². The van der Waals surface area contributed by atoms with Gasteiger partial charge < -0.3 is 0 Å². The average molecular weight is 314 g/mol. The zero-order valence-electron chi connectivity index (χ0n) is 12.8. The van der Waals surface area contributed by atoms with Crippen molar-refractivity contribution in [1.82, 2.24) is 4.90 Å². The normalized spacial score (nSPS) is 31.0. The number of imide groups is 1. The van der Waals surface area contributed by atoms with Crippen molar-refractivity contribution >= 4 is 17.5 Å². The lowest BCUT2D eigenvalue weighted by atomic mass is 9.86. The summed E-state index contributed by atoms with van der Waals surface area (Å²) < 4.78 is 13.1. The van der Waals surface area contributed by atoms with Gasteiger partial charge in [-0.1, -0.05) is 12.2 Å². The molecule has 1 unspecified atom stereocenters. The molecule has 4 rings (SSSR count). The summed E-state index contributed by atoms with van der Waals surface area (Å²) in [6.45, 7) is 1.77. The molecule has 4 nitrogen and oxygen atoms in total. The van der Waals surface area contributed by atoms with Gasteiger partial charge in [-0.05, 0) is 48.9 Å². The third kappa shape index (κ3) is 2.49. The number of fused-ring (bicyclic) bond motifs is 1. The molecule has 23 heavy (non-hydrogen) atoms. The number of hydrogen-bond donors (Lipinski definition) is 0. The van der Waals surface area contributed by atoms with Gasteiger partial charge in [0.25, 0.3) is 5.91 Å². The van der Waals surface area contributed by atoms with Crippen LogP contribution in [-0.2, 0) is 9.59 Å². The molecule has 1 aromatic rings. The lowest BCUT2D eigenvalue weighted by Gasteiger charge is -2.22. The Morgan fingerprint density at radius 3 is 2.17 bits per heavy atom. The second-order valence-corrected chi connectivity index (χ2v) is 6.68. The lowest BCUT2D eigenvalue weighted by Crippen LogP contribution is -2.41. The molecule has 0 spiro atoms. The van der Waals surface area contributed by atoms with E-state index in [0.717, 1.165) is 25.9 Å². The van der Waals surface area contributed by atoms with Crippen LogP contribution in [0.4, 0.5) is 10.1 Å². The Morgan fingerprint density at radius 2 is 1.57 bits per heavy atom. The van der Waals surface area contributed by atoms with Crippen LogP contribution in [0.15, 0.2) is 36.4 Å². The summed E-state index contributed by atoms with van der Waals surface area (Å²) in [5, 5.41) is 0. The highest BCUT2D eigenvalue weighted by Crippen LogP contribution is 2.36. The van der Waals surface area contributed by atoms with Crippen molar-refractivity contribution in [3.8, 4) is 0 Å². The minimum Gasteiger partial charge on any atom is -0.291 e. The molecule has 1 aromatic carbocycles. The van der Waals surface area contributed by atoms with Crippen LogP contribution >= 0.6 is 0 Å². The average Bonchev–Trinajstić information content (AvgIpc) is 3.09. The fourth-order valence-electron chi connectivity index (χ4n) is 4.07. The van der Waals surface area contributed by atoms with Gasteiger partial charge in [0.2, 0.25) is 5.91 Å². The smallest absolute Gasteiger partial charge is 0.251 e. The summed E-state index contributed by atoms with van der Waals surface area (Å²) in [5.74, 6) is 0.457. The van der Waals surface area contributed by atoms with E-state index in [-0.39, 0.29) is 30.1 Å². The van der Waals surface area contributed by atoms with E-state index in [2.05, 4.69) is 17.1 Å². The molecule has 2 saturated heterocycles. The molecule has 3 atom stereocenters. The summed E-state index contributed by atoms with van der Waals surface area (Å²) in [5.41, 5.74) is 0.460. The maximum absolute atomic E-state index is 13.1. The molecule has 5 heteroatoms. The van der Waals surface area contributed by atoms with Crippen LogP contribution in [0.3, 0.4) is 0 Å². The van der Waals surface area contributed by atoms with Crippen molar-refractivity contribution in [2.45, 2.75) is 25.3 Å². The fourth-order valence-corrected chi connectivity index (χ4v) is 4.07. The Bertz CT molecular complexity index is 654. The molecular formula is C18H19FN2O2. The van der Waals surface area contributed by atoms with E-state index in [0.29, 0.717) is 17.5 Å². The molecule has 120 valence electrons. The molecule has 0 N–H and O–H groups in total. The van der Waals surface area contributed by atoms with Crippen LogP contribution in [0.2, 0.25) is 0 Å². The Balaban J connectivity index is 1.53. The Labute approximate surface area is 134 Å². The Hall–Kier alpha value is -2.01. The number of nitrogens with zero attached hydrogens (tertiary/aromatic N) is 2. The highest BCUT2D eigenvalue weighted by molar-refractivity contribution is 6.22. The van der Waals surface area contributed by atoms with Gasteiger partial charge in [-0.25, -0.2) is 9.29 Å². The predicted octanol–water partition coefficient (Wildman–Crippen LogP) is 2.36. The number of amides is 2. The minimum absolute atomic E-state index is 0.173. The first-order chi connectivity index (χ1) is 11.1. The van der Waals surface area contributed by atoms with E-state index >= 15 is 0 Å². The molecule has 0 bridgehead atoms. The fraction of sp³-hybridized carbons (Fsp3) is 0.444. The summed E-state index contributed by atoms with van der Waals surface area (Å²) >= 11 is 0. The van der Waals surface area contributed by atoms with E-state index in [9.17, 15) is 14.0 Å². The molecule has 2 amide bonds. The number of benzene rings is 1. The highest BCUT2D eigenvalue weighted by atomic mass is 19.1. The number of halogens is 1. The Kier molecular flexibility index (Phi) is 3.53. The van der Waals surface area contributed by atoms with Crippen molar-refractivity contribution in [3.05, 3.63) is 42.2 Å². The van der Waals surface area contributed by atoms with E-state index in [1.165, 1.54) is 29.2 Å². The van der Waals surface area contributed by atoms with Crippen molar-refractivity contribution in [2.75, 3.05) is 18.0 Å². The largest absolute Gasteiger partial charge is 0.291 e. The zero-order valence-corrected chi connectivity index (χ0v) is 12.8. The summed E-state index contributed by atoms with van der Waals surface area (Å²) in [6.07, 6.45) is 6.80. The van der Waals surface area contributed by atoms with Gasteiger partial charge in [-0.15, -0.1) is 0 Å². The monoisotopic (exact) mass is 314 g/mol. The first-order valence-corrected chi connectivity index (χ1v) is 8.15. The van der Waals surface area contributed by atoms with Gasteiger partial charge in [0.05, 0.1) is 18.2 Å². The number of carbonyl (C=O) groups excluding carboxylic acids is 2. The molecule has 2 aliphatic heterocycles. The standard InChI is InChI=1S/C18H19FN2O2/c19-14-5-7-15(8-6-14)21-17(22)9-16(18(21)23)20-10-12-3-1-2-4-13(12)11-20/h1-2,5-8,12-13,16H,3-4,9-11H2/t12-,13+,16?. The maximum atomic E-state index is 13.1. The van der Waals surface area contributed by atoms with Crippen LogP contribution in [0.5, 0.6) is 0 Å². The summed E-state index contributed by atoms with van der Waals surface area (Å²) in [6, 6.07) is 5.17. The van der Waals surface area contributed by atoms with Crippen molar-refractivity contribution in [1.29, 1.82) is 0 Å². The second kappa shape index (κ2) is 5.57. The topological polar surface area (TPSA) is 40.6 Å². The van der Waals surface area contributed by atoms with Crippen molar-refractivity contribution in [3.63, 3.8) is 0 Å². The van der Waals surface area contributed by atoms with E-state index in [1.807, 2.05) is 0 Å². The first-order valence-electron chi connectivity index (χ1n) is 8.15. The number of hydrogen-bond acceptors (Lipinski definition) is 3. The van der Waals surface area contributed by atoms with E-state index in [4.69, 9.17) is 0 Å². The highest BCUT2D eigenvalue weighted by Gasteiger charge is 2.46. The van der Waals surface area contributed by atoms with Crippen LogP contribution in [0, 0.1) is 17.7 Å². The van der Waals surface area contributed by atoms with Gasteiger partial charge in [0.1, 0.15) is 5.82 Å². The third-order valence-corrected chi connectivity index (χ3v) is 5.30. The number of carbonyl (C=O) groups is 2. The first kappa shape index (κ1) is 14.6. The lowest BCUT2D eigenvalue weighted by molar-refractivity contribution is -0.122. The summed E-state index contributed by atoms with van der Waals surface area (Å²) in [7, 11) is 0. The Morgan fingerprint density at radius 1 is 0.957 bits per heavy atom. The molecule has 0 aromatic heterocycles. The zero-order chi connectivity index (χ0) is 16.0. The molecule has 0 radical (unpaired) electrons. The van der Waals surface area contributed by atoms with E-state index in [1.54, 1.807) is 0 Å². The van der Waals surface area contributed by atoms with Gasteiger partial charge >= 0.3 is 0 Å². The molecule has 3 aliphatic rings. The second-order valence-electron chi connectivity index (χ2n) is 6.68. The van der Waals surface area contributed by atoms with Gasteiger partial charge in [-0.3, -0.25) is 14.5 Å². The maximum Gasteiger partial charge on any atom is 0.251 e. The third-order valence-electron chi connectivity index (χ3n) is 5.30. The summed E-state index contributed by atoms with van der Waals surface area (Å²) in [4.78, 5) is 28.5. The van der Waals surface area contributed by atoms with Gasteiger partial charge in [0, 0.05) is 13.1 Å². The quantitative estimate of drug-likeness (QED) is 0.621. The number of likely N-dealkylation sites (tertiary alicyclic amines) is 1. The number of rotatable bonds is 2.